The Morgan fingerprint density at radius 2 is 0.700 bits per heavy atom. The van der Waals surface area contributed by atoms with Gasteiger partial charge in [0.15, 0.2) is 0 Å². The highest BCUT2D eigenvalue weighted by atomic mass is 32.2. The zero-order chi connectivity index (χ0) is 53.6. The van der Waals surface area contributed by atoms with Crippen LogP contribution in [0.3, 0.4) is 0 Å². The van der Waals surface area contributed by atoms with Crippen molar-refractivity contribution in [2.24, 2.45) is 0 Å². The fourth-order valence-corrected chi connectivity index (χ4v) is 5.74. The number of nitro groups is 8. The molecule has 0 radical (unpaired) electrons. The first-order valence-corrected chi connectivity index (χ1v) is 20.5. The van der Waals surface area contributed by atoms with Gasteiger partial charge in [-0.3, -0.25) is 85.5 Å². The van der Waals surface area contributed by atoms with Crippen LogP contribution in [0.4, 0.5) is 45.5 Å². The van der Waals surface area contributed by atoms with Crippen LogP contribution in [-0.2, 0) is 10.1 Å². The maximum absolute atomic E-state index is 10.7. The molecule has 6 aromatic carbocycles. The van der Waals surface area contributed by atoms with Gasteiger partial charge >= 0.3 is 0 Å². The number of nitrogens with zero attached hydrogens (tertiary/aromatic N) is 8. The summed E-state index contributed by atoms with van der Waals surface area (Å²) in [6.45, 7) is 9.87. The van der Waals surface area contributed by atoms with Crippen LogP contribution in [0.25, 0.3) is 0 Å². The standard InChI is InChI=1S/C7H5N3O6.C7H6N2O4.C7H7NO5S.2C7H7NO2.C7H8/c1-4-6(9(13)14)2-5(8(11)12)3-7(4)10(15)16;1-5-2-6(8(10)11)4-7(3-5)9(12)13;1-5-2-6(8(9)10)4-7(3-5)14(11,12)13;1-6-3-2-4-7(5-6)8(9)10;1-6-4-2-3-5-7(6)8(9)10;1-7-5-3-2-4-6-7/h2-3H,1H3;2-4H,1H3;2-4H,1H3,(H,11,12,13);2*2-5H,1H3;2-6H,1H3. The van der Waals surface area contributed by atoms with Gasteiger partial charge in [0.1, 0.15) is 10.5 Å². The summed E-state index contributed by atoms with van der Waals surface area (Å²) in [6, 6.07) is 31.5. The number of rotatable bonds is 9. The van der Waals surface area contributed by atoms with Crippen LogP contribution in [0.5, 0.6) is 0 Å². The lowest BCUT2D eigenvalue weighted by molar-refractivity contribution is -0.403. The fourth-order valence-electron chi connectivity index (χ4n) is 5.14. The molecule has 0 unspecified atom stereocenters. The molecule has 0 saturated carbocycles. The maximum Gasteiger partial charge on any atom is 0.294 e. The quantitative estimate of drug-likeness (QED) is 0.0798. The van der Waals surface area contributed by atoms with Crippen molar-refractivity contribution in [2.45, 2.75) is 46.4 Å². The zero-order valence-corrected chi connectivity index (χ0v) is 38.2. The number of benzene rings is 6. The molecule has 6 aromatic rings. The number of nitro benzene ring substituents is 8. The Hall–Kier alpha value is -9.57. The van der Waals surface area contributed by atoms with Gasteiger partial charge in [-0.25, -0.2) is 0 Å². The highest BCUT2D eigenvalue weighted by molar-refractivity contribution is 7.85. The molecule has 0 aliphatic carbocycles. The van der Waals surface area contributed by atoms with E-state index in [-0.39, 0.29) is 38.9 Å². The number of para-hydroxylation sites is 1. The SMILES string of the molecule is Cc1c([N+](=O)[O-])cc([N+](=O)[O-])cc1[N+](=O)[O-].Cc1cc([N+](=O)[O-])cc(S(=O)(=O)O)c1.Cc1cc([N+](=O)[O-])cc([N+](=O)[O-])c1.Cc1cccc([N+](=O)[O-])c1.Cc1ccccc1.Cc1ccccc1[N+](=O)[O-]. The number of aryl methyl sites for hydroxylation is 5. The monoisotopic (exact) mass is 992 g/mol. The van der Waals surface area contributed by atoms with E-state index in [1.54, 1.807) is 44.2 Å². The summed E-state index contributed by atoms with van der Waals surface area (Å²) in [5, 5.41) is 82.9. The van der Waals surface area contributed by atoms with Gasteiger partial charge in [-0.2, -0.15) is 8.42 Å². The van der Waals surface area contributed by atoms with Crippen LogP contribution in [0, 0.1) is 122 Å². The van der Waals surface area contributed by atoms with Crippen molar-refractivity contribution in [3.8, 4) is 0 Å². The minimum Gasteiger partial charge on any atom is -0.282 e. The van der Waals surface area contributed by atoms with Crippen molar-refractivity contribution in [3.63, 3.8) is 0 Å². The van der Waals surface area contributed by atoms with Crippen LogP contribution in [0.15, 0.2) is 132 Å². The minimum absolute atomic E-state index is 0.153. The molecule has 28 heteroatoms. The summed E-state index contributed by atoms with van der Waals surface area (Å²) in [5.74, 6) is 0. The van der Waals surface area contributed by atoms with Crippen molar-refractivity contribution in [1.29, 1.82) is 0 Å². The Bertz CT molecular complexity index is 2960. The summed E-state index contributed by atoms with van der Waals surface area (Å²) in [4.78, 5) is 76.9. The predicted octanol–water partition coefficient (Wildman–Crippen LogP) is 10.5. The molecule has 0 saturated heterocycles. The van der Waals surface area contributed by atoms with E-state index in [1.807, 2.05) is 31.2 Å². The van der Waals surface area contributed by atoms with E-state index in [2.05, 4.69) is 19.1 Å². The van der Waals surface area contributed by atoms with Crippen LogP contribution >= 0.6 is 0 Å². The first-order chi connectivity index (χ1) is 32.5. The second-order valence-corrected chi connectivity index (χ2v) is 15.4. The van der Waals surface area contributed by atoms with Crippen LogP contribution < -0.4 is 0 Å². The van der Waals surface area contributed by atoms with E-state index < -0.39 is 66.5 Å². The Balaban J connectivity index is 0.000000427. The topological polar surface area (TPSA) is 399 Å². The first-order valence-electron chi connectivity index (χ1n) is 19.1. The van der Waals surface area contributed by atoms with Gasteiger partial charge in [0.2, 0.25) is 0 Å². The van der Waals surface area contributed by atoms with E-state index in [4.69, 9.17) is 4.55 Å². The van der Waals surface area contributed by atoms with Crippen LogP contribution in [0.1, 0.15) is 33.4 Å². The second kappa shape index (κ2) is 27.2. The largest absolute Gasteiger partial charge is 0.294 e. The molecule has 0 amide bonds. The molecule has 0 spiro atoms. The number of hydrogen-bond acceptors (Lipinski definition) is 18. The highest BCUT2D eigenvalue weighted by Gasteiger charge is 2.27. The molecule has 0 aliphatic rings. The van der Waals surface area contributed by atoms with Gasteiger partial charge in [0.05, 0.1) is 57.6 Å². The lowest BCUT2D eigenvalue weighted by Crippen LogP contribution is -2.00. The minimum atomic E-state index is -4.39. The Morgan fingerprint density at radius 3 is 1.03 bits per heavy atom. The van der Waals surface area contributed by atoms with Gasteiger partial charge in [0, 0.05) is 48.0 Å². The predicted molar refractivity (Wildman–Crippen MR) is 250 cm³/mol. The molecule has 27 nitrogen and oxygen atoms in total. The van der Waals surface area contributed by atoms with Crippen LogP contribution in [0.2, 0.25) is 0 Å². The lowest BCUT2D eigenvalue weighted by atomic mass is 10.1. The lowest BCUT2D eigenvalue weighted by Gasteiger charge is -1.99. The fraction of sp³-hybridized carbons (Fsp3) is 0.143. The van der Waals surface area contributed by atoms with Crippen molar-refractivity contribution < 1.29 is 52.4 Å². The molecule has 0 atom stereocenters. The molecule has 6 rings (SSSR count). The average Bonchev–Trinajstić information content (AvgIpc) is 3.27. The number of non-ortho nitro benzene ring substituents is 5. The second-order valence-electron chi connectivity index (χ2n) is 14.0. The molecule has 0 heterocycles. The number of hydrogen-bond donors (Lipinski definition) is 1. The van der Waals surface area contributed by atoms with Gasteiger partial charge < -0.3 is 0 Å². The summed E-state index contributed by atoms with van der Waals surface area (Å²) in [6.07, 6.45) is 0. The average molecular weight is 993 g/mol. The molecular formula is C42H40N8O19S. The third-order valence-corrected chi connectivity index (χ3v) is 9.25. The third kappa shape index (κ3) is 20.3. The first kappa shape index (κ1) is 58.4. The van der Waals surface area contributed by atoms with E-state index in [0.29, 0.717) is 28.8 Å². The van der Waals surface area contributed by atoms with E-state index in [1.165, 1.54) is 49.7 Å². The normalized spacial score (nSPS) is 9.81. The molecule has 0 aromatic heterocycles. The van der Waals surface area contributed by atoms with Gasteiger partial charge in [-0.15, -0.1) is 0 Å². The van der Waals surface area contributed by atoms with Crippen molar-refractivity contribution in [1.82, 2.24) is 0 Å². The zero-order valence-electron chi connectivity index (χ0n) is 37.4. The van der Waals surface area contributed by atoms with E-state index >= 15 is 0 Å². The van der Waals surface area contributed by atoms with E-state index in [0.717, 1.165) is 23.8 Å². The summed E-state index contributed by atoms with van der Waals surface area (Å²) < 4.78 is 30.1. The van der Waals surface area contributed by atoms with E-state index in [9.17, 15) is 89.3 Å². The Labute approximate surface area is 395 Å². The molecule has 368 valence electrons. The molecule has 0 bridgehead atoms. The molecule has 0 aliphatic heterocycles. The van der Waals surface area contributed by atoms with Gasteiger partial charge in [-0.05, 0) is 64.3 Å². The molecule has 70 heavy (non-hydrogen) atoms. The Morgan fingerprint density at radius 1 is 0.343 bits per heavy atom. The summed E-state index contributed by atoms with van der Waals surface area (Å²) in [5.41, 5.74) is 1.13. The maximum atomic E-state index is 10.7. The third-order valence-electron chi connectivity index (χ3n) is 8.42. The summed E-state index contributed by atoms with van der Waals surface area (Å²) in [7, 11) is -4.39. The molecule has 1 N–H and O–H groups in total. The Kier molecular flexibility index (Phi) is 22.7. The van der Waals surface area contributed by atoms with Crippen molar-refractivity contribution in [3.05, 3.63) is 242 Å². The summed E-state index contributed by atoms with van der Waals surface area (Å²) >= 11 is 0. The van der Waals surface area contributed by atoms with Crippen molar-refractivity contribution in [2.75, 3.05) is 0 Å². The highest BCUT2D eigenvalue weighted by Crippen LogP contribution is 2.32. The van der Waals surface area contributed by atoms with Gasteiger partial charge in [0.25, 0.3) is 55.6 Å². The molecule has 0 fully saturated rings. The smallest absolute Gasteiger partial charge is 0.282 e. The van der Waals surface area contributed by atoms with Crippen LogP contribution in [-0.4, -0.2) is 52.4 Å². The van der Waals surface area contributed by atoms with Gasteiger partial charge in [-0.1, -0.05) is 66.2 Å². The van der Waals surface area contributed by atoms with Crippen molar-refractivity contribution >= 4 is 55.6 Å². The molecular weight excluding hydrogens is 953 g/mol.